The number of quaternary nitrogens is 1. The number of benzene rings is 1. The normalized spacial score (nSPS) is 14.4. The van der Waals surface area contributed by atoms with E-state index in [9.17, 15) is 0 Å². The molecule has 0 amide bonds. The number of alkyl halides is 1. The van der Waals surface area contributed by atoms with Crippen LogP contribution < -0.4 is 0 Å². The molecule has 0 N–H and O–H groups in total. The minimum Gasteiger partial charge on any atom is -0.308 e. The Hall–Kier alpha value is -0.530. The number of hydrogen-bond donors (Lipinski definition) is 0. The van der Waals surface area contributed by atoms with Crippen molar-refractivity contribution in [1.82, 2.24) is 0 Å². The summed E-state index contributed by atoms with van der Waals surface area (Å²) in [5, 5.41) is 0. The van der Waals surface area contributed by atoms with Gasteiger partial charge in [0.1, 0.15) is 5.54 Å². The van der Waals surface area contributed by atoms with Crippen molar-refractivity contribution >= 4 is 11.6 Å². The molecule has 25 heavy (non-hydrogen) atoms. The van der Waals surface area contributed by atoms with Crippen molar-refractivity contribution in [3.05, 3.63) is 35.9 Å². The number of hydrogen-bond acceptors (Lipinski definition) is 0. The first kappa shape index (κ1) is 22.5. The Morgan fingerprint density at radius 3 is 1.76 bits per heavy atom. The smallest absolute Gasteiger partial charge is 0.155 e. The van der Waals surface area contributed by atoms with Gasteiger partial charge in [0.15, 0.2) is 6.00 Å². The lowest BCUT2D eigenvalue weighted by Gasteiger charge is -2.46. The molecular formula is C23H41ClN+. The van der Waals surface area contributed by atoms with Crippen LogP contribution in [0.25, 0.3) is 0 Å². The van der Waals surface area contributed by atoms with Gasteiger partial charge in [0.25, 0.3) is 0 Å². The van der Waals surface area contributed by atoms with E-state index in [0.29, 0.717) is 6.00 Å². The summed E-state index contributed by atoms with van der Waals surface area (Å²) in [6.07, 6.45) is 15.1. The van der Waals surface area contributed by atoms with Crippen LogP contribution in [0.3, 0.4) is 0 Å². The SMILES string of the molecule is CCCCCCCCCCCCC(C)(c1ccccc1)[N+](C)(C)CCl. The Labute approximate surface area is 162 Å². The van der Waals surface area contributed by atoms with Crippen LogP contribution in [0.1, 0.15) is 90.0 Å². The van der Waals surface area contributed by atoms with Gasteiger partial charge in [0.2, 0.25) is 0 Å². The highest BCUT2D eigenvalue weighted by atomic mass is 35.5. The molecule has 0 spiro atoms. The van der Waals surface area contributed by atoms with Gasteiger partial charge in [-0.3, -0.25) is 0 Å². The van der Waals surface area contributed by atoms with Crippen LogP contribution in [0, 0.1) is 0 Å². The van der Waals surface area contributed by atoms with Gasteiger partial charge in [-0.15, -0.1) is 0 Å². The molecule has 0 saturated heterocycles. The zero-order chi connectivity index (χ0) is 18.6. The first-order valence-electron chi connectivity index (χ1n) is 10.4. The highest BCUT2D eigenvalue weighted by Crippen LogP contribution is 2.37. The summed E-state index contributed by atoms with van der Waals surface area (Å²) < 4.78 is 0.829. The van der Waals surface area contributed by atoms with E-state index in [-0.39, 0.29) is 5.54 Å². The third-order valence-corrected chi connectivity index (χ3v) is 6.65. The number of nitrogens with zero attached hydrogens (tertiary/aromatic N) is 1. The molecule has 0 aliphatic heterocycles. The Balaban J connectivity index is 2.38. The fraction of sp³-hybridized carbons (Fsp3) is 0.739. The zero-order valence-electron chi connectivity index (χ0n) is 17.2. The largest absolute Gasteiger partial charge is 0.308 e. The van der Waals surface area contributed by atoms with Crippen LogP contribution in [-0.2, 0) is 5.54 Å². The third-order valence-electron chi connectivity index (χ3n) is 6.05. The van der Waals surface area contributed by atoms with Gasteiger partial charge in [-0.2, -0.15) is 0 Å². The predicted octanol–water partition coefficient (Wildman–Crippen LogP) is 7.49. The molecular weight excluding hydrogens is 326 g/mol. The second-order valence-electron chi connectivity index (χ2n) is 8.38. The highest BCUT2D eigenvalue weighted by Gasteiger charge is 2.41. The highest BCUT2D eigenvalue weighted by molar-refractivity contribution is 6.17. The van der Waals surface area contributed by atoms with E-state index in [1.807, 2.05) is 0 Å². The summed E-state index contributed by atoms with van der Waals surface area (Å²) >= 11 is 6.33. The number of unbranched alkanes of at least 4 members (excludes halogenated alkanes) is 9. The Bertz CT molecular complexity index is 443. The first-order valence-corrected chi connectivity index (χ1v) is 11.0. The summed E-state index contributed by atoms with van der Waals surface area (Å²) in [5.41, 5.74) is 1.50. The Morgan fingerprint density at radius 1 is 0.800 bits per heavy atom. The van der Waals surface area contributed by atoms with Crippen LogP contribution in [0.4, 0.5) is 0 Å². The molecule has 0 aromatic heterocycles. The van der Waals surface area contributed by atoms with Crippen molar-refractivity contribution in [2.24, 2.45) is 0 Å². The van der Waals surface area contributed by atoms with Gasteiger partial charge in [-0.1, -0.05) is 107 Å². The van der Waals surface area contributed by atoms with Gasteiger partial charge < -0.3 is 4.48 Å². The summed E-state index contributed by atoms with van der Waals surface area (Å²) in [7, 11) is 4.52. The monoisotopic (exact) mass is 366 g/mol. The summed E-state index contributed by atoms with van der Waals surface area (Å²) in [6, 6.07) is 11.6. The topological polar surface area (TPSA) is 0 Å². The van der Waals surface area contributed by atoms with E-state index in [0.717, 1.165) is 4.48 Å². The lowest BCUT2D eigenvalue weighted by molar-refractivity contribution is -0.938. The second kappa shape index (κ2) is 12.0. The van der Waals surface area contributed by atoms with Crippen molar-refractivity contribution in [3.63, 3.8) is 0 Å². The first-order chi connectivity index (χ1) is 12.0. The molecule has 1 unspecified atom stereocenters. The number of rotatable bonds is 14. The molecule has 0 radical (unpaired) electrons. The van der Waals surface area contributed by atoms with Gasteiger partial charge in [0.05, 0.1) is 14.1 Å². The average Bonchev–Trinajstić information content (AvgIpc) is 2.63. The van der Waals surface area contributed by atoms with Crippen LogP contribution in [-0.4, -0.2) is 24.6 Å². The molecule has 1 aromatic rings. The van der Waals surface area contributed by atoms with E-state index in [2.05, 4.69) is 58.3 Å². The molecule has 0 heterocycles. The standard InChI is InChI=1S/C23H41ClN/c1-5-6-7-8-9-10-11-12-13-17-20-23(2,25(3,4)21-24)22-18-15-14-16-19-22/h14-16,18-19H,5-13,17,20-21H2,1-4H3/q+1. The fourth-order valence-electron chi connectivity index (χ4n) is 3.68. The lowest BCUT2D eigenvalue weighted by Crippen LogP contribution is -2.54. The molecule has 1 aromatic carbocycles. The molecule has 0 saturated carbocycles. The summed E-state index contributed by atoms with van der Waals surface area (Å²) in [5.74, 6) is 0. The van der Waals surface area contributed by atoms with Crippen molar-refractivity contribution < 1.29 is 4.48 Å². The molecule has 0 fully saturated rings. The molecule has 144 valence electrons. The molecule has 0 aliphatic rings. The molecule has 1 rings (SSSR count). The summed E-state index contributed by atoms with van der Waals surface area (Å²) in [4.78, 5) is 0. The van der Waals surface area contributed by atoms with Gasteiger partial charge >= 0.3 is 0 Å². The fourth-order valence-corrected chi connectivity index (χ4v) is 3.95. The van der Waals surface area contributed by atoms with Gasteiger partial charge in [-0.05, 0) is 13.3 Å². The molecule has 1 nitrogen and oxygen atoms in total. The predicted molar refractivity (Wildman–Crippen MR) is 113 cm³/mol. The molecule has 1 atom stereocenters. The van der Waals surface area contributed by atoms with Gasteiger partial charge in [-0.25, -0.2) is 0 Å². The van der Waals surface area contributed by atoms with E-state index >= 15 is 0 Å². The maximum Gasteiger partial charge on any atom is 0.155 e. The Morgan fingerprint density at radius 2 is 1.28 bits per heavy atom. The lowest BCUT2D eigenvalue weighted by atomic mass is 9.83. The van der Waals surface area contributed by atoms with Crippen LogP contribution in [0.15, 0.2) is 30.3 Å². The van der Waals surface area contributed by atoms with Crippen LogP contribution >= 0.6 is 11.6 Å². The van der Waals surface area contributed by atoms with Crippen molar-refractivity contribution in [2.45, 2.75) is 90.0 Å². The maximum absolute atomic E-state index is 6.33. The summed E-state index contributed by atoms with van der Waals surface area (Å²) in [6.45, 7) is 4.67. The van der Waals surface area contributed by atoms with E-state index in [4.69, 9.17) is 11.6 Å². The minimum absolute atomic E-state index is 0.0865. The minimum atomic E-state index is 0.0865. The van der Waals surface area contributed by atoms with Crippen molar-refractivity contribution in [2.75, 3.05) is 20.1 Å². The van der Waals surface area contributed by atoms with E-state index in [1.165, 1.54) is 76.2 Å². The average molecular weight is 367 g/mol. The van der Waals surface area contributed by atoms with E-state index < -0.39 is 0 Å². The molecule has 0 aliphatic carbocycles. The zero-order valence-corrected chi connectivity index (χ0v) is 18.0. The maximum atomic E-state index is 6.33. The van der Waals surface area contributed by atoms with Crippen LogP contribution in [0.5, 0.6) is 0 Å². The third kappa shape index (κ3) is 7.31. The van der Waals surface area contributed by atoms with Crippen molar-refractivity contribution in [3.8, 4) is 0 Å². The molecule has 0 bridgehead atoms. The number of halogens is 1. The van der Waals surface area contributed by atoms with E-state index in [1.54, 1.807) is 0 Å². The molecule has 2 heteroatoms. The van der Waals surface area contributed by atoms with Crippen LogP contribution in [0.2, 0.25) is 0 Å². The quantitative estimate of drug-likeness (QED) is 0.138. The second-order valence-corrected chi connectivity index (χ2v) is 8.62. The van der Waals surface area contributed by atoms with Gasteiger partial charge in [0, 0.05) is 12.0 Å². The Kier molecular flexibility index (Phi) is 10.8. The van der Waals surface area contributed by atoms with Crippen molar-refractivity contribution in [1.29, 1.82) is 0 Å².